The Balaban J connectivity index is 0.000000234. The molecule has 0 aliphatic carbocycles. The van der Waals surface area contributed by atoms with Crippen molar-refractivity contribution in [1.29, 1.82) is 0 Å². The minimum absolute atomic E-state index is 0.0450. The van der Waals surface area contributed by atoms with E-state index in [1.807, 2.05) is 84.9 Å². The van der Waals surface area contributed by atoms with Gasteiger partial charge in [-0.25, -0.2) is 9.59 Å². The zero-order valence-corrected chi connectivity index (χ0v) is 46.7. The van der Waals surface area contributed by atoms with Crippen LogP contribution < -0.4 is 37.9 Å². The van der Waals surface area contributed by atoms with Crippen LogP contribution in [0.1, 0.15) is 69.4 Å². The summed E-state index contributed by atoms with van der Waals surface area (Å²) in [5.41, 5.74) is 9.00. The van der Waals surface area contributed by atoms with E-state index in [0.29, 0.717) is 60.4 Å². The number of carboxylic acid groups (broad SMARTS) is 2. The Morgan fingerprint density at radius 2 is 0.738 bits per heavy atom. The van der Waals surface area contributed by atoms with Gasteiger partial charge in [-0.1, -0.05) is 72.8 Å². The molecule has 0 fully saturated rings. The van der Waals surface area contributed by atoms with E-state index in [-0.39, 0.29) is 37.2 Å². The summed E-state index contributed by atoms with van der Waals surface area (Å²) < 4.78 is 55.3. The number of esters is 2. The maximum atomic E-state index is 12.6. The van der Waals surface area contributed by atoms with Crippen molar-refractivity contribution in [2.45, 2.75) is 63.8 Å². The number of rotatable bonds is 22. The standard InChI is InChI=1S/2C30H35NO6.C2H2O4/c2*1-33-26-11-10-22(17-27(26)34-2)16-25-24-19-29(36-4)28(35-3)18-23(24)12-14-31(25)15-13-30(32)37-20-21-8-6-5-7-9-21;3-1(4)2(5)6/h2*5-11,17-19,25H,12-16,20H2,1-4H3;(H,3,4)(H,5,6)/t2*25-;/m11./s1. The largest absolute Gasteiger partial charge is 0.493 e. The fraction of sp³-hybridized carbons (Fsp3) is 0.355. The summed E-state index contributed by atoms with van der Waals surface area (Å²) in [7, 11) is 13.2. The molecule has 80 heavy (non-hydrogen) atoms. The molecule has 0 aromatic heterocycles. The van der Waals surface area contributed by atoms with Gasteiger partial charge in [0.1, 0.15) is 13.2 Å². The van der Waals surface area contributed by atoms with Crippen molar-refractivity contribution in [3.63, 3.8) is 0 Å². The minimum Gasteiger partial charge on any atom is -0.493 e. The number of benzene rings is 6. The molecule has 0 spiro atoms. The van der Waals surface area contributed by atoms with Crippen molar-refractivity contribution < 1.29 is 76.8 Å². The third kappa shape index (κ3) is 16.8. The molecule has 6 aromatic rings. The average molecular weight is 1100 g/mol. The molecule has 2 aliphatic rings. The van der Waals surface area contributed by atoms with Gasteiger partial charge in [0, 0.05) is 38.3 Å². The zero-order valence-electron chi connectivity index (χ0n) is 46.7. The molecule has 0 radical (unpaired) electrons. The lowest BCUT2D eigenvalue weighted by molar-refractivity contribution is -0.159. The van der Waals surface area contributed by atoms with E-state index in [1.165, 1.54) is 22.3 Å². The molecule has 2 heterocycles. The first-order chi connectivity index (χ1) is 38.8. The van der Waals surface area contributed by atoms with Gasteiger partial charge in [-0.2, -0.15) is 0 Å². The van der Waals surface area contributed by atoms with Gasteiger partial charge in [-0.05, 0) is 119 Å². The first-order valence-corrected chi connectivity index (χ1v) is 26.0. The minimum atomic E-state index is -1.82. The van der Waals surface area contributed by atoms with Crippen LogP contribution in [-0.2, 0) is 67.5 Å². The summed E-state index contributed by atoms with van der Waals surface area (Å²) in [6, 6.07) is 39.8. The molecular formula is C62H72N2O16. The quantitative estimate of drug-likeness (QED) is 0.0480. The highest BCUT2D eigenvalue weighted by Gasteiger charge is 2.32. The van der Waals surface area contributed by atoms with E-state index in [2.05, 4.69) is 46.2 Å². The number of aliphatic carboxylic acids is 2. The number of fused-ring (bicyclic) bond motifs is 2. The highest BCUT2D eigenvalue weighted by atomic mass is 16.5. The van der Waals surface area contributed by atoms with Crippen molar-refractivity contribution >= 4 is 23.9 Å². The SMILES string of the molecule is COc1ccc(C[C@@H]2c3cc(OC)c(OC)cc3CCN2CCC(=O)OCc2ccccc2)cc1OC.COc1ccc(C[C@@H]2c3cc(OC)c(OC)cc3CCN2CCC(=O)OCc2ccccc2)cc1OC.O=C(O)C(=O)O. The van der Waals surface area contributed by atoms with Crippen molar-refractivity contribution in [3.8, 4) is 46.0 Å². The summed E-state index contributed by atoms with van der Waals surface area (Å²) in [4.78, 5) is 48.1. The summed E-state index contributed by atoms with van der Waals surface area (Å²) in [6.45, 7) is 3.42. The zero-order chi connectivity index (χ0) is 57.6. The maximum Gasteiger partial charge on any atom is 0.414 e. The lowest BCUT2D eigenvalue weighted by Gasteiger charge is -2.38. The number of nitrogens with zero attached hydrogens (tertiary/aromatic N) is 2. The van der Waals surface area contributed by atoms with E-state index >= 15 is 0 Å². The van der Waals surface area contributed by atoms with Crippen LogP contribution in [-0.4, -0.2) is 127 Å². The smallest absolute Gasteiger partial charge is 0.414 e. The number of hydrogen-bond donors (Lipinski definition) is 2. The third-order valence-corrected chi connectivity index (χ3v) is 13.9. The summed E-state index contributed by atoms with van der Waals surface area (Å²) >= 11 is 0. The van der Waals surface area contributed by atoms with Crippen LogP contribution in [0, 0.1) is 0 Å². The van der Waals surface area contributed by atoms with Gasteiger partial charge in [0.05, 0.1) is 69.7 Å². The molecule has 2 aliphatic heterocycles. The monoisotopic (exact) mass is 1100 g/mol. The highest BCUT2D eigenvalue weighted by molar-refractivity contribution is 6.27. The Labute approximate surface area is 467 Å². The molecule has 0 amide bonds. The second-order valence-corrected chi connectivity index (χ2v) is 18.6. The Bertz CT molecular complexity index is 2790. The Hall–Kier alpha value is -8.48. The lowest BCUT2D eigenvalue weighted by Crippen LogP contribution is -2.38. The van der Waals surface area contributed by atoms with E-state index in [4.69, 9.17) is 67.2 Å². The van der Waals surface area contributed by atoms with Crippen LogP contribution in [0.15, 0.2) is 121 Å². The van der Waals surface area contributed by atoms with E-state index in [0.717, 1.165) is 72.5 Å². The Morgan fingerprint density at radius 3 is 1.06 bits per heavy atom. The highest BCUT2D eigenvalue weighted by Crippen LogP contribution is 2.42. The first-order valence-electron chi connectivity index (χ1n) is 26.0. The van der Waals surface area contributed by atoms with Gasteiger partial charge < -0.3 is 57.6 Å². The molecule has 0 unspecified atom stereocenters. The molecular weight excluding hydrogens is 1030 g/mol. The molecule has 426 valence electrons. The van der Waals surface area contributed by atoms with Crippen molar-refractivity contribution in [1.82, 2.24) is 9.80 Å². The van der Waals surface area contributed by atoms with E-state index < -0.39 is 11.9 Å². The van der Waals surface area contributed by atoms with Crippen molar-refractivity contribution in [2.24, 2.45) is 0 Å². The third-order valence-electron chi connectivity index (χ3n) is 13.9. The predicted molar refractivity (Wildman–Crippen MR) is 299 cm³/mol. The molecule has 0 saturated heterocycles. The number of methoxy groups -OCH3 is 8. The predicted octanol–water partition coefficient (Wildman–Crippen LogP) is 9.15. The number of carboxylic acids is 2. The topological polar surface area (TPSA) is 208 Å². The maximum absolute atomic E-state index is 12.6. The van der Waals surface area contributed by atoms with Gasteiger partial charge in [-0.15, -0.1) is 0 Å². The summed E-state index contributed by atoms with van der Waals surface area (Å²) in [5.74, 6) is 1.57. The van der Waals surface area contributed by atoms with Crippen LogP contribution in [0.25, 0.3) is 0 Å². The molecule has 0 bridgehead atoms. The molecule has 0 saturated carbocycles. The number of carbonyl (C=O) groups is 4. The number of ether oxygens (including phenoxy) is 10. The van der Waals surface area contributed by atoms with Gasteiger partial charge in [-0.3, -0.25) is 19.4 Å². The average Bonchev–Trinajstić information content (AvgIpc) is 3.51. The molecule has 2 atom stereocenters. The van der Waals surface area contributed by atoms with Gasteiger partial charge in [0.2, 0.25) is 0 Å². The normalized spacial score (nSPS) is 14.4. The number of carbonyl (C=O) groups excluding carboxylic acids is 2. The van der Waals surface area contributed by atoms with Crippen LogP contribution in [0.4, 0.5) is 0 Å². The van der Waals surface area contributed by atoms with Crippen LogP contribution in [0.3, 0.4) is 0 Å². The van der Waals surface area contributed by atoms with Crippen molar-refractivity contribution in [2.75, 3.05) is 83.1 Å². The molecule has 18 heteroatoms. The van der Waals surface area contributed by atoms with Gasteiger partial charge >= 0.3 is 23.9 Å². The van der Waals surface area contributed by atoms with Gasteiger partial charge in [0.15, 0.2) is 46.0 Å². The van der Waals surface area contributed by atoms with Crippen LogP contribution in [0.2, 0.25) is 0 Å². The second-order valence-electron chi connectivity index (χ2n) is 18.6. The fourth-order valence-corrected chi connectivity index (χ4v) is 9.73. The number of hydrogen-bond acceptors (Lipinski definition) is 16. The summed E-state index contributed by atoms with van der Waals surface area (Å²) in [5, 5.41) is 14.8. The van der Waals surface area contributed by atoms with Crippen molar-refractivity contribution in [3.05, 3.63) is 166 Å². The van der Waals surface area contributed by atoms with E-state index in [9.17, 15) is 9.59 Å². The Morgan fingerprint density at radius 1 is 0.412 bits per heavy atom. The lowest BCUT2D eigenvalue weighted by atomic mass is 9.88. The van der Waals surface area contributed by atoms with Crippen LogP contribution in [0.5, 0.6) is 46.0 Å². The van der Waals surface area contributed by atoms with Crippen LogP contribution >= 0.6 is 0 Å². The molecule has 2 N–H and O–H groups in total. The Kier molecular flexibility index (Phi) is 23.2. The molecule has 18 nitrogen and oxygen atoms in total. The summed E-state index contributed by atoms with van der Waals surface area (Å²) in [6.07, 6.45) is 3.83. The second kappa shape index (κ2) is 30.6. The fourth-order valence-electron chi connectivity index (χ4n) is 9.73. The van der Waals surface area contributed by atoms with Gasteiger partial charge in [0.25, 0.3) is 0 Å². The van der Waals surface area contributed by atoms with E-state index in [1.54, 1.807) is 56.9 Å². The molecule has 8 rings (SSSR count). The first kappa shape index (κ1) is 60.7. The molecule has 6 aromatic carbocycles.